The Morgan fingerprint density at radius 2 is 0.983 bits per heavy atom. The Morgan fingerprint density at radius 1 is 0.433 bits per heavy atom. The molecule has 3 nitrogen and oxygen atoms in total. The van der Waals surface area contributed by atoms with Crippen LogP contribution in [0.15, 0.2) is 194 Å². The zero-order valence-corrected chi connectivity index (χ0v) is 34.7. The van der Waals surface area contributed by atoms with Crippen LogP contribution in [-0.2, 0) is 24.9 Å². The van der Waals surface area contributed by atoms with Gasteiger partial charge in [-0.3, -0.25) is 0 Å². The van der Waals surface area contributed by atoms with Crippen LogP contribution in [0.4, 0.5) is 0 Å². The van der Waals surface area contributed by atoms with Crippen LogP contribution in [-0.4, -0.2) is 4.57 Å². The molecule has 0 atom stereocenters. The van der Waals surface area contributed by atoms with E-state index in [1.54, 1.807) is 0 Å². The molecule has 1 aromatic heterocycles. The highest BCUT2D eigenvalue weighted by molar-refractivity contribution is 6.21. The van der Waals surface area contributed by atoms with Gasteiger partial charge in [0.25, 0.3) is 0 Å². The number of benzene rings is 9. The van der Waals surface area contributed by atoms with Crippen molar-refractivity contribution >= 4 is 43.4 Å². The summed E-state index contributed by atoms with van der Waals surface area (Å²) in [4.78, 5) is 0. The first-order chi connectivity index (χ1) is 29.4. The molecule has 0 fully saturated rings. The third kappa shape index (κ3) is 6.86. The van der Waals surface area contributed by atoms with E-state index in [2.05, 4.69) is 183 Å². The van der Waals surface area contributed by atoms with Crippen LogP contribution >= 0.6 is 0 Å². The van der Waals surface area contributed by atoms with E-state index in [1.807, 2.05) is 36.4 Å². The van der Waals surface area contributed by atoms with Gasteiger partial charge in [-0.05, 0) is 102 Å². The molecule has 60 heavy (non-hydrogen) atoms. The third-order valence-electron chi connectivity index (χ3n) is 12.2. The predicted octanol–water partition coefficient (Wildman–Crippen LogP) is 13.9. The number of para-hydroxylation sites is 1. The molecule has 0 spiro atoms. The number of aromatic nitrogens is 1. The number of hydrogen-bond donors (Lipinski definition) is 2. The van der Waals surface area contributed by atoms with E-state index < -0.39 is 0 Å². The maximum Gasteiger partial charge on any atom is 0.0588 e. The summed E-state index contributed by atoms with van der Waals surface area (Å²) in [5.41, 5.74) is 26.5. The predicted molar refractivity (Wildman–Crippen MR) is 257 cm³/mol. The highest BCUT2D eigenvalue weighted by Gasteiger charge is 2.41. The summed E-state index contributed by atoms with van der Waals surface area (Å²) in [6, 6.07) is 69.5. The maximum absolute atomic E-state index is 5.95. The van der Waals surface area contributed by atoms with Gasteiger partial charge < -0.3 is 16.0 Å². The van der Waals surface area contributed by atoms with Crippen molar-refractivity contribution in [1.29, 1.82) is 0 Å². The molecule has 3 heteroatoms. The normalized spacial score (nSPS) is 12.4. The van der Waals surface area contributed by atoms with Gasteiger partial charge in [0.05, 0.1) is 11.0 Å². The SMILES string of the molecule is CC1(C)c2c(c3ccccc3c3ccccc23)-c2ccc3c4ccccc4n(-c4ccc(-c5cccc(CN)c5)cc4)c3c21.CCc1ccccc1.NCc1ccccc1. The minimum atomic E-state index is -0.206. The van der Waals surface area contributed by atoms with Crippen LogP contribution in [0.3, 0.4) is 0 Å². The smallest absolute Gasteiger partial charge is 0.0588 e. The average molecular weight is 778 g/mol. The minimum Gasteiger partial charge on any atom is -0.326 e. The molecule has 0 radical (unpaired) electrons. The first-order valence-electron chi connectivity index (χ1n) is 21.1. The Kier molecular flexibility index (Phi) is 10.6. The Balaban J connectivity index is 0.000000242. The second-order valence-corrected chi connectivity index (χ2v) is 16.2. The van der Waals surface area contributed by atoms with E-state index in [0.717, 1.165) is 12.0 Å². The molecular formula is C57H51N3. The van der Waals surface area contributed by atoms with Gasteiger partial charge in [0, 0.05) is 35.0 Å². The lowest BCUT2D eigenvalue weighted by Gasteiger charge is -2.25. The standard InChI is InChI=1S/C42H32N2.C8H10.C7H9N/c1-42(2)39-34-16-6-4-13-31(34)30-12-3-5-15-33(30)38(39)36-23-22-35-32-14-7-8-17-37(32)44(41(35)40(36)42)29-20-18-27(19-21-29)28-11-9-10-26(24-28)25-43;1-2-8-6-4-3-5-7-8;8-6-7-4-2-1-3-5-7/h3-24H,25,43H2,1-2H3;3-7H,2H2,1H3;1-5H,6,8H2. The van der Waals surface area contributed by atoms with Crippen molar-refractivity contribution in [1.82, 2.24) is 4.57 Å². The largest absolute Gasteiger partial charge is 0.326 e. The zero-order valence-electron chi connectivity index (χ0n) is 34.7. The molecular weight excluding hydrogens is 727 g/mol. The van der Waals surface area contributed by atoms with Gasteiger partial charge in [-0.2, -0.15) is 0 Å². The lowest BCUT2D eigenvalue weighted by atomic mass is 9.78. The van der Waals surface area contributed by atoms with Gasteiger partial charge in [0.1, 0.15) is 0 Å². The molecule has 0 saturated heterocycles. The minimum absolute atomic E-state index is 0.206. The maximum atomic E-state index is 5.95. The zero-order chi connectivity index (χ0) is 41.2. The van der Waals surface area contributed by atoms with Gasteiger partial charge in [-0.15, -0.1) is 0 Å². The van der Waals surface area contributed by atoms with Gasteiger partial charge in [0.2, 0.25) is 0 Å². The van der Waals surface area contributed by atoms with E-state index in [0.29, 0.717) is 13.1 Å². The van der Waals surface area contributed by atoms with Crippen molar-refractivity contribution in [3.05, 3.63) is 222 Å². The molecule has 0 unspecified atom stereocenters. The second-order valence-electron chi connectivity index (χ2n) is 16.2. The van der Waals surface area contributed by atoms with Crippen molar-refractivity contribution in [3.8, 4) is 27.9 Å². The number of aryl methyl sites for hydroxylation is 1. The molecule has 0 amide bonds. The molecule has 1 aliphatic rings. The number of nitrogens with two attached hydrogens (primary N) is 2. The quantitative estimate of drug-likeness (QED) is 0.171. The fraction of sp³-hybridized carbons (Fsp3) is 0.123. The summed E-state index contributed by atoms with van der Waals surface area (Å²) >= 11 is 0. The van der Waals surface area contributed by atoms with Crippen LogP contribution in [0.1, 0.15) is 48.6 Å². The summed E-state index contributed by atoms with van der Waals surface area (Å²) in [6.45, 7) is 8.19. The Hall–Kier alpha value is -6.78. The molecule has 1 aliphatic carbocycles. The van der Waals surface area contributed by atoms with Crippen LogP contribution in [0.5, 0.6) is 0 Å². The number of nitrogens with zero attached hydrogens (tertiary/aromatic N) is 1. The highest BCUT2D eigenvalue weighted by atomic mass is 15.0. The molecule has 11 rings (SSSR count). The summed E-state index contributed by atoms with van der Waals surface area (Å²) in [5.74, 6) is 0. The van der Waals surface area contributed by atoms with Crippen molar-refractivity contribution in [2.45, 2.75) is 45.7 Å². The fourth-order valence-corrected chi connectivity index (χ4v) is 9.37. The molecule has 0 saturated carbocycles. The Bertz CT molecular complexity index is 3060. The molecule has 0 aliphatic heterocycles. The first kappa shape index (κ1) is 38.7. The Morgan fingerprint density at radius 3 is 1.60 bits per heavy atom. The fourth-order valence-electron chi connectivity index (χ4n) is 9.37. The number of fused-ring (bicyclic) bond motifs is 12. The second kappa shape index (κ2) is 16.5. The van der Waals surface area contributed by atoms with Crippen molar-refractivity contribution in [3.63, 3.8) is 0 Å². The van der Waals surface area contributed by atoms with Gasteiger partial charge in [-0.1, -0.05) is 191 Å². The summed E-state index contributed by atoms with van der Waals surface area (Å²) in [7, 11) is 0. The van der Waals surface area contributed by atoms with Crippen molar-refractivity contribution in [2.24, 2.45) is 11.5 Å². The van der Waals surface area contributed by atoms with E-state index in [9.17, 15) is 0 Å². The van der Waals surface area contributed by atoms with Crippen LogP contribution in [0.25, 0.3) is 71.3 Å². The first-order valence-corrected chi connectivity index (χ1v) is 21.1. The molecule has 9 aromatic carbocycles. The van der Waals surface area contributed by atoms with E-state index in [-0.39, 0.29) is 5.41 Å². The molecule has 1 heterocycles. The summed E-state index contributed by atoms with van der Waals surface area (Å²) < 4.78 is 2.50. The van der Waals surface area contributed by atoms with E-state index >= 15 is 0 Å². The van der Waals surface area contributed by atoms with Gasteiger partial charge >= 0.3 is 0 Å². The molecule has 294 valence electrons. The van der Waals surface area contributed by atoms with Crippen LogP contribution in [0.2, 0.25) is 0 Å². The summed E-state index contributed by atoms with van der Waals surface area (Å²) in [6.07, 6.45) is 1.14. The highest BCUT2D eigenvalue weighted by Crippen LogP contribution is 2.57. The Labute approximate surface area is 353 Å². The molecule has 4 N–H and O–H groups in total. The molecule has 0 bridgehead atoms. The van der Waals surface area contributed by atoms with Crippen molar-refractivity contribution < 1.29 is 0 Å². The third-order valence-corrected chi connectivity index (χ3v) is 12.2. The lowest BCUT2D eigenvalue weighted by molar-refractivity contribution is 0.670. The van der Waals surface area contributed by atoms with Gasteiger partial charge in [0.15, 0.2) is 0 Å². The van der Waals surface area contributed by atoms with E-state index in [4.69, 9.17) is 11.5 Å². The van der Waals surface area contributed by atoms with E-state index in [1.165, 1.54) is 93.5 Å². The summed E-state index contributed by atoms with van der Waals surface area (Å²) in [5, 5.41) is 7.91. The topological polar surface area (TPSA) is 57.0 Å². The monoisotopic (exact) mass is 777 g/mol. The average Bonchev–Trinajstić information content (AvgIpc) is 3.78. The number of rotatable bonds is 5. The van der Waals surface area contributed by atoms with Crippen LogP contribution in [0, 0.1) is 0 Å². The molecule has 10 aromatic rings. The van der Waals surface area contributed by atoms with Gasteiger partial charge in [-0.25, -0.2) is 0 Å². The van der Waals surface area contributed by atoms with Crippen LogP contribution < -0.4 is 11.5 Å². The van der Waals surface area contributed by atoms with Crippen molar-refractivity contribution in [2.75, 3.05) is 0 Å². The lowest BCUT2D eigenvalue weighted by Crippen LogP contribution is -2.17. The number of hydrogen-bond acceptors (Lipinski definition) is 2.